The predicted octanol–water partition coefficient (Wildman–Crippen LogP) is 3.34. The van der Waals surface area contributed by atoms with Gasteiger partial charge in [0.05, 0.1) is 23.5 Å². The van der Waals surface area contributed by atoms with Crippen LogP contribution >= 0.6 is 43.6 Å². The largest absolute Gasteiger partial charge is 0.493 e. The number of rotatable bonds is 6. The van der Waals surface area contributed by atoms with Crippen molar-refractivity contribution in [2.45, 2.75) is 0 Å². The number of methoxy groups -OCH3 is 1. The van der Waals surface area contributed by atoms with E-state index in [1.165, 1.54) is 11.8 Å². The van der Waals surface area contributed by atoms with Crippen LogP contribution in [0.3, 0.4) is 0 Å². The molecule has 0 radical (unpaired) electrons. The highest BCUT2D eigenvalue weighted by Gasteiger charge is 2.17. The summed E-state index contributed by atoms with van der Waals surface area (Å²) in [7, 11) is 1.56. The molecule has 2 rings (SSSR count). The molecule has 0 bridgehead atoms. The zero-order valence-electron chi connectivity index (χ0n) is 12.1. The predicted molar refractivity (Wildman–Crippen MR) is 99.7 cm³/mol. The fraction of sp³-hybridized carbons (Fsp3) is 0.214. The molecule has 0 aromatic heterocycles. The van der Waals surface area contributed by atoms with E-state index in [2.05, 4.69) is 54.0 Å². The Morgan fingerprint density at radius 1 is 1.48 bits per heavy atom. The van der Waals surface area contributed by atoms with Crippen molar-refractivity contribution < 1.29 is 14.3 Å². The number of carbonyl (C=O) groups is 1. The molecule has 0 unspecified atom stereocenters. The standard InChI is InChI=1S/C14H13Br2N3O3S/c1-3-4-22-13-9(21-2)5-8(11(15)12(13)16)6-17-19-14-18-10(20)7-23-14/h3,5-6H,1,4,7H2,2H3,(H,18,19,20). The monoisotopic (exact) mass is 461 g/mol. The van der Waals surface area contributed by atoms with E-state index in [9.17, 15) is 4.79 Å². The molecule has 1 aromatic carbocycles. The van der Waals surface area contributed by atoms with Crippen LogP contribution in [0.25, 0.3) is 0 Å². The van der Waals surface area contributed by atoms with Crippen LogP contribution < -0.4 is 14.8 Å². The van der Waals surface area contributed by atoms with E-state index in [0.717, 1.165) is 10.0 Å². The van der Waals surface area contributed by atoms with Gasteiger partial charge >= 0.3 is 0 Å². The summed E-state index contributed by atoms with van der Waals surface area (Å²) in [5.41, 5.74) is 0.748. The highest BCUT2D eigenvalue weighted by Crippen LogP contribution is 2.42. The van der Waals surface area contributed by atoms with Gasteiger partial charge in [0.15, 0.2) is 16.7 Å². The molecule has 23 heavy (non-hydrogen) atoms. The van der Waals surface area contributed by atoms with Crippen molar-refractivity contribution in [1.29, 1.82) is 0 Å². The van der Waals surface area contributed by atoms with Crippen molar-refractivity contribution in [2.75, 3.05) is 19.5 Å². The van der Waals surface area contributed by atoms with Crippen LogP contribution in [-0.2, 0) is 4.79 Å². The van der Waals surface area contributed by atoms with Gasteiger partial charge in [-0.15, -0.1) is 5.10 Å². The van der Waals surface area contributed by atoms with Crippen LogP contribution in [0.2, 0.25) is 0 Å². The lowest BCUT2D eigenvalue weighted by Gasteiger charge is -2.14. The van der Waals surface area contributed by atoms with Crippen molar-refractivity contribution >= 4 is 60.9 Å². The van der Waals surface area contributed by atoms with Crippen LogP contribution in [0, 0.1) is 0 Å². The molecule has 1 N–H and O–H groups in total. The second-order valence-electron chi connectivity index (χ2n) is 4.21. The van der Waals surface area contributed by atoms with Gasteiger partial charge in [0, 0.05) is 10.0 Å². The maximum absolute atomic E-state index is 11.1. The Balaban J connectivity index is 2.27. The summed E-state index contributed by atoms with van der Waals surface area (Å²) in [6, 6.07) is 1.78. The number of nitrogens with zero attached hydrogens (tertiary/aromatic N) is 2. The Hall–Kier alpha value is -1.32. The van der Waals surface area contributed by atoms with Crippen molar-refractivity contribution in [1.82, 2.24) is 5.32 Å². The van der Waals surface area contributed by atoms with E-state index in [1.54, 1.807) is 25.5 Å². The second kappa shape index (κ2) is 8.51. The van der Waals surface area contributed by atoms with Gasteiger partial charge < -0.3 is 14.8 Å². The van der Waals surface area contributed by atoms with Gasteiger partial charge in [-0.05, 0) is 37.9 Å². The first-order valence-electron chi connectivity index (χ1n) is 6.40. The molecular weight excluding hydrogens is 450 g/mol. The molecule has 1 aliphatic heterocycles. The average Bonchev–Trinajstić information content (AvgIpc) is 2.95. The third kappa shape index (κ3) is 4.58. The molecule has 1 aliphatic rings. The molecule has 122 valence electrons. The zero-order chi connectivity index (χ0) is 16.8. The molecule has 0 aliphatic carbocycles. The Morgan fingerprint density at radius 2 is 2.26 bits per heavy atom. The fourth-order valence-electron chi connectivity index (χ4n) is 1.65. The van der Waals surface area contributed by atoms with Gasteiger partial charge in [0.2, 0.25) is 5.91 Å². The molecule has 1 saturated heterocycles. The Morgan fingerprint density at radius 3 is 2.87 bits per heavy atom. The van der Waals surface area contributed by atoms with Gasteiger partial charge in [-0.1, -0.05) is 24.4 Å². The summed E-state index contributed by atoms with van der Waals surface area (Å²) >= 11 is 8.27. The molecule has 0 atom stereocenters. The maximum Gasteiger partial charge on any atom is 0.236 e. The van der Waals surface area contributed by atoms with Crippen LogP contribution in [0.15, 0.2) is 37.9 Å². The summed E-state index contributed by atoms with van der Waals surface area (Å²) in [6.07, 6.45) is 3.21. The minimum absolute atomic E-state index is 0.0711. The smallest absolute Gasteiger partial charge is 0.236 e. The van der Waals surface area contributed by atoms with Gasteiger partial charge in [0.1, 0.15) is 6.61 Å². The van der Waals surface area contributed by atoms with E-state index in [-0.39, 0.29) is 5.91 Å². The van der Waals surface area contributed by atoms with E-state index >= 15 is 0 Å². The minimum Gasteiger partial charge on any atom is -0.493 e. The lowest BCUT2D eigenvalue weighted by atomic mass is 10.2. The molecule has 9 heteroatoms. The number of nitrogens with one attached hydrogen (secondary N) is 1. The van der Waals surface area contributed by atoms with Gasteiger partial charge in [-0.3, -0.25) is 4.79 Å². The number of hydrogen-bond acceptors (Lipinski definition) is 6. The lowest BCUT2D eigenvalue weighted by molar-refractivity contribution is -0.116. The van der Waals surface area contributed by atoms with Crippen molar-refractivity contribution in [3.8, 4) is 11.5 Å². The van der Waals surface area contributed by atoms with E-state index in [4.69, 9.17) is 9.47 Å². The second-order valence-corrected chi connectivity index (χ2v) is 6.76. The summed E-state index contributed by atoms with van der Waals surface area (Å²) in [5.74, 6) is 1.42. The molecule has 6 nitrogen and oxygen atoms in total. The molecule has 0 saturated carbocycles. The van der Waals surface area contributed by atoms with Gasteiger partial charge in [-0.25, -0.2) is 0 Å². The number of thioether (sulfide) groups is 1. The lowest BCUT2D eigenvalue weighted by Crippen LogP contribution is -2.19. The van der Waals surface area contributed by atoms with E-state index in [1.807, 2.05) is 0 Å². The Bertz CT molecular complexity index is 692. The van der Waals surface area contributed by atoms with Gasteiger partial charge in [-0.2, -0.15) is 5.10 Å². The Kier molecular flexibility index (Phi) is 6.67. The van der Waals surface area contributed by atoms with E-state index in [0.29, 0.717) is 33.5 Å². The first-order chi connectivity index (χ1) is 11.1. The van der Waals surface area contributed by atoms with Crippen LogP contribution in [0.4, 0.5) is 0 Å². The topological polar surface area (TPSA) is 72.3 Å². The third-order valence-corrected chi connectivity index (χ3v) is 5.66. The van der Waals surface area contributed by atoms with E-state index < -0.39 is 0 Å². The molecular formula is C14H13Br2N3O3S. The first-order valence-corrected chi connectivity index (χ1v) is 8.97. The normalized spacial score (nSPS) is 16.0. The minimum atomic E-state index is -0.0711. The summed E-state index contributed by atoms with van der Waals surface area (Å²) < 4.78 is 12.4. The quantitative estimate of drug-likeness (QED) is 0.399. The van der Waals surface area contributed by atoms with Crippen molar-refractivity contribution in [3.63, 3.8) is 0 Å². The highest BCUT2D eigenvalue weighted by molar-refractivity contribution is 9.13. The molecule has 0 spiro atoms. The van der Waals surface area contributed by atoms with Gasteiger partial charge in [0.25, 0.3) is 0 Å². The van der Waals surface area contributed by atoms with Crippen LogP contribution in [-0.4, -0.2) is 36.8 Å². The third-order valence-electron chi connectivity index (χ3n) is 2.65. The number of carbonyl (C=O) groups excluding carboxylic acids is 1. The fourth-order valence-corrected chi connectivity index (χ4v) is 3.22. The summed E-state index contributed by atoms with van der Waals surface area (Å²) in [6.45, 7) is 3.98. The number of hydrogen-bond donors (Lipinski definition) is 1. The number of amides is 1. The van der Waals surface area contributed by atoms with Crippen LogP contribution in [0.5, 0.6) is 11.5 Å². The maximum atomic E-state index is 11.1. The summed E-state index contributed by atoms with van der Waals surface area (Å²) in [4.78, 5) is 11.1. The molecule has 1 fully saturated rings. The molecule has 1 amide bonds. The highest BCUT2D eigenvalue weighted by atomic mass is 79.9. The van der Waals surface area contributed by atoms with Crippen molar-refractivity contribution in [2.24, 2.45) is 10.2 Å². The number of halogens is 2. The number of ether oxygens (including phenoxy) is 2. The SMILES string of the molecule is C=CCOc1c(OC)cc(C=NN=C2NC(=O)CS2)c(Br)c1Br. The molecule has 1 aromatic rings. The van der Waals surface area contributed by atoms with Crippen molar-refractivity contribution in [3.05, 3.63) is 33.2 Å². The first kappa shape index (κ1) is 18.0. The number of amidine groups is 1. The summed E-state index contributed by atoms with van der Waals surface area (Å²) in [5, 5.41) is 11.0. The van der Waals surface area contributed by atoms with Crippen LogP contribution in [0.1, 0.15) is 5.56 Å². The molecule has 1 heterocycles. The Labute approximate surface area is 154 Å². The average molecular weight is 463 g/mol. The zero-order valence-corrected chi connectivity index (χ0v) is 16.1. The number of benzene rings is 1.